The molecule has 0 aliphatic heterocycles. The highest BCUT2D eigenvalue weighted by atomic mass is 32.2. The fourth-order valence-electron chi connectivity index (χ4n) is 3.94. The Hall–Kier alpha value is -4.17. The first-order valence-corrected chi connectivity index (χ1v) is 15.3. The summed E-state index contributed by atoms with van der Waals surface area (Å²) in [6.45, 7) is 7.88. The lowest BCUT2D eigenvalue weighted by molar-refractivity contribution is 0.144. The Morgan fingerprint density at radius 1 is 1.12 bits per heavy atom. The van der Waals surface area contributed by atoms with Crippen LogP contribution < -0.4 is 10.0 Å². The maximum atomic E-state index is 16.0. The molecule has 0 spiro atoms. The van der Waals surface area contributed by atoms with Crippen molar-refractivity contribution < 1.29 is 31.5 Å². The summed E-state index contributed by atoms with van der Waals surface area (Å²) in [5, 5.41) is 13.0. The van der Waals surface area contributed by atoms with Crippen LogP contribution >= 0.6 is 11.3 Å². The summed E-state index contributed by atoms with van der Waals surface area (Å²) in [7, 11) is -3.21. The molecule has 1 amide bonds. The normalized spacial score (nSPS) is 12.6. The Kier molecular flexibility index (Phi) is 9.02. The van der Waals surface area contributed by atoms with E-state index in [1.165, 1.54) is 41.5 Å². The largest absolute Gasteiger partial charge is 0.465 e. The zero-order valence-electron chi connectivity index (χ0n) is 23.9. The number of anilines is 2. The van der Waals surface area contributed by atoms with Crippen LogP contribution in [0.3, 0.4) is 0 Å². The van der Waals surface area contributed by atoms with Crippen LogP contribution in [0.4, 0.5) is 29.5 Å². The van der Waals surface area contributed by atoms with Gasteiger partial charge in [0.05, 0.1) is 21.3 Å². The molecule has 0 aliphatic rings. The van der Waals surface area contributed by atoms with Crippen molar-refractivity contribution in [1.29, 1.82) is 0 Å². The smallest absolute Gasteiger partial charge is 0.407 e. The van der Waals surface area contributed by atoms with E-state index in [2.05, 4.69) is 10.3 Å². The van der Waals surface area contributed by atoms with Crippen molar-refractivity contribution in [3.63, 3.8) is 0 Å². The van der Waals surface area contributed by atoms with Crippen LogP contribution in [0.25, 0.3) is 21.7 Å². The van der Waals surface area contributed by atoms with E-state index >= 15 is 4.39 Å². The third kappa shape index (κ3) is 7.08. The molecule has 4 aromatic rings. The molecule has 3 N–H and O–H groups in total. The van der Waals surface area contributed by atoms with Gasteiger partial charge in [0.15, 0.2) is 5.82 Å². The Balaban J connectivity index is 1.75. The molecule has 14 heteroatoms. The Morgan fingerprint density at radius 3 is 2.51 bits per heavy atom. The third-order valence-electron chi connectivity index (χ3n) is 6.51. The molecule has 0 radical (unpaired) electrons. The predicted octanol–water partition coefficient (Wildman–Crippen LogP) is 6.80. The summed E-state index contributed by atoms with van der Waals surface area (Å²) in [5.41, 5.74) is 0.0111. The topological polar surface area (TPSA) is 125 Å². The highest BCUT2D eigenvalue weighted by Crippen LogP contribution is 2.42. The second-order valence-electron chi connectivity index (χ2n) is 10.8. The number of sulfonamides is 1. The third-order valence-corrected chi connectivity index (χ3v) is 9.42. The highest BCUT2D eigenvalue weighted by Gasteiger charge is 2.27. The number of nitrogens with zero attached hydrogens (tertiary/aromatic N) is 3. The van der Waals surface area contributed by atoms with E-state index in [9.17, 15) is 27.1 Å². The lowest BCUT2D eigenvalue weighted by Crippen LogP contribution is -2.38. The number of carbonyl (C=O) groups is 1. The predicted molar refractivity (Wildman–Crippen MR) is 160 cm³/mol. The molecule has 2 aromatic carbocycles. The number of carboxylic acid groups (broad SMARTS) is 1. The average Bonchev–Trinajstić information content (AvgIpc) is 3.40. The second kappa shape index (κ2) is 12.2. The van der Waals surface area contributed by atoms with Crippen LogP contribution in [0.1, 0.15) is 32.7 Å². The Labute approximate surface area is 251 Å². The minimum atomic E-state index is -4.68. The Morgan fingerprint density at radius 2 is 1.84 bits per heavy atom. The molecule has 0 fully saturated rings. The van der Waals surface area contributed by atoms with Gasteiger partial charge in [0.25, 0.3) is 10.0 Å². The van der Waals surface area contributed by atoms with Gasteiger partial charge in [-0.25, -0.2) is 36.4 Å². The first kappa shape index (κ1) is 31.8. The molecule has 2 aromatic heterocycles. The standard InChI is InChI=1S/C29H30F3N5O4S2/c1-16(37(5)28(38)39)15-34-23-13-17(11-12-33-23)26-25(35-27(42-26)29(2,3)4)19-7-6-8-21(24(19)32)36-43(40,41)22-14-18(30)9-10-20(22)31/h6-14,16,36H,15H2,1-5H3,(H,33,34)(H,38,39)/t16-/m0/s1. The van der Waals surface area contributed by atoms with Crippen LogP contribution in [0.2, 0.25) is 0 Å². The maximum absolute atomic E-state index is 16.0. The molecular formula is C29H30F3N5O4S2. The van der Waals surface area contributed by atoms with E-state index in [-0.39, 0.29) is 23.8 Å². The van der Waals surface area contributed by atoms with Crippen molar-refractivity contribution in [1.82, 2.24) is 14.9 Å². The molecule has 0 bridgehead atoms. The molecule has 2 heterocycles. The number of aromatic nitrogens is 2. The van der Waals surface area contributed by atoms with Gasteiger partial charge in [-0.15, -0.1) is 11.3 Å². The van der Waals surface area contributed by atoms with E-state index in [4.69, 9.17) is 4.98 Å². The van der Waals surface area contributed by atoms with Gasteiger partial charge in [-0.05, 0) is 55.0 Å². The molecule has 43 heavy (non-hydrogen) atoms. The summed E-state index contributed by atoms with van der Waals surface area (Å²) in [6.07, 6.45) is 0.491. The summed E-state index contributed by atoms with van der Waals surface area (Å²) in [4.78, 5) is 21.1. The SMILES string of the molecule is C[C@@H](CNc1cc(-c2sc(C(C)(C)C)nc2-c2cccc(NS(=O)(=O)c3cc(F)ccc3F)c2F)ccn1)N(C)C(=O)O. The molecular weight excluding hydrogens is 603 g/mol. The minimum Gasteiger partial charge on any atom is -0.465 e. The fraction of sp³-hybridized carbons (Fsp3) is 0.276. The summed E-state index contributed by atoms with van der Waals surface area (Å²) >= 11 is 1.34. The summed E-state index contributed by atoms with van der Waals surface area (Å²) in [6, 6.07) is 9.12. The van der Waals surface area contributed by atoms with Crippen LogP contribution in [-0.4, -0.2) is 54.1 Å². The van der Waals surface area contributed by atoms with Gasteiger partial charge in [0, 0.05) is 36.8 Å². The molecule has 9 nitrogen and oxygen atoms in total. The van der Waals surface area contributed by atoms with Crippen LogP contribution in [0.5, 0.6) is 0 Å². The number of thiazole rings is 1. The van der Waals surface area contributed by atoms with Crippen molar-refractivity contribution in [3.8, 4) is 21.7 Å². The maximum Gasteiger partial charge on any atom is 0.407 e. The number of benzene rings is 2. The fourth-order valence-corrected chi connectivity index (χ4v) is 6.23. The average molecular weight is 634 g/mol. The van der Waals surface area contributed by atoms with E-state index < -0.39 is 49.6 Å². The molecule has 0 aliphatic carbocycles. The van der Waals surface area contributed by atoms with Gasteiger partial charge >= 0.3 is 6.09 Å². The number of pyridine rings is 1. The van der Waals surface area contributed by atoms with Crippen LogP contribution in [0, 0.1) is 17.5 Å². The quantitative estimate of drug-likeness (QED) is 0.185. The lowest BCUT2D eigenvalue weighted by atomic mass is 9.98. The van der Waals surface area contributed by atoms with E-state index in [1.807, 2.05) is 25.5 Å². The molecule has 1 atom stereocenters. The van der Waals surface area contributed by atoms with Crippen molar-refractivity contribution in [2.24, 2.45) is 0 Å². The number of halogens is 3. The molecule has 228 valence electrons. The summed E-state index contributed by atoms with van der Waals surface area (Å²) < 4.78 is 71.7. The van der Waals surface area contributed by atoms with Gasteiger partial charge in [-0.3, -0.25) is 4.72 Å². The number of hydrogen-bond acceptors (Lipinski definition) is 7. The zero-order chi connectivity index (χ0) is 31.7. The van der Waals surface area contributed by atoms with E-state index in [0.717, 1.165) is 6.07 Å². The van der Waals surface area contributed by atoms with Gasteiger partial charge in [-0.2, -0.15) is 0 Å². The second-order valence-corrected chi connectivity index (χ2v) is 13.5. The van der Waals surface area contributed by atoms with Gasteiger partial charge in [0.2, 0.25) is 0 Å². The number of amides is 1. The molecule has 0 saturated heterocycles. The first-order valence-electron chi connectivity index (χ1n) is 13.0. The highest BCUT2D eigenvalue weighted by molar-refractivity contribution is 7.92. The van der Waals surface area contributed by atoms with E-state index in [1.54, 1.807) is 25.3 Å². The van der Waals surface area contributed by atoms with Crippen molar-refractivity contribution >= 4 is 39.0 Å². The minimum absolute atomic E-state index is 0.00955. The van der Waals surface area contributed by atoms with Crippen molar-refractivity contribution in [2.45, 2.75) is 44.0 Å². The number of hydrogen-bond donors (Lipinski definition) is 3. The zero-order valence-corrected chi connectivity index (χ0v) is 25.6. The molecule has 0 saturated carbocycles. The van der Waals surface area contributed by atoms with Gasteiger partial charge < -0.3 is 15.3 Å². The number of likely N-dealkylation sites (N-methyl/N-ethyl adjacent to an activating group) is 1. The van der Waals surface area contributed by atoms with Crippen molar-refractivity contribution in [3.05, 3.63) is 77.2 Å². The lowest BCUT2D eigenvalue weighted by Gasteiger charge is -2.22. The van der Waals surface area contributed by atoms with Crippen LogP contribution in [0.15, 0.2) is 59.6 Å². The number of nitrogens with one attached hydrogen (secondary N) is 2. The van der Waals surface area contributed by atoms with Crippen LogP contribution in [-0.2, 0) is 15.4 Å². The summed E-state index contributed by atoms with van der Waals surface area (Å²) in [5.74, 6) is -2.65. The first-order chi connectivity index (χ1) is 20.1. The van der Waals surface area contributed by atoms with E-state index in [0.29, 0.717) is 33.4 Å². The van der Waals surface area contributed by atoms with Crippen molar-refractivity contribution in [2.75, 3.05) is 23.6 Å². The van der Waals surface area contributed by atoms with Gasteiger partial charge in [-0.1, -0.05) is 26.8 Å². The monoisotopic (exact) mass is 633 g/mol. The molecule has 0 unspecified atom stereocenters. The number of rotatable bonds is 9. The molecule has 4 rings (SSSR count). The Bertz CT molecular complexity index is 1770. The van der Waals surface area contributed by atoms with Gasteiger partial charge in [0.1, 0.15) is 22.3 Å².